The molecule has 1 N–H and O–H groups in total. The first kappa shape index (κ1) is 13.5. The van der Waals surface area contributed by atoms with E-state index in [9.17, 15) is 8.42 Å². The van der Waals surface area contributed by atoms with Gasteiger partial charge in [0, 0.05) is 38.9 Å². The van der Waals surface area contributed by atoms with Gasteiger partial charge in [-0.15, -0.1) is 0 Å². The Hall–Kier alpha value is -0.920. The van der Waals surface area contributed by atoms with E-state index >= 15 is 0 Å². The van der Waals surface area contributed by atoms with Gasteiger partial charge >= 0.3 is 0 Å². The van der Waals surface area contributed by atoms with Gasteiger partial charge < -0.3 is 5.32 Å². The van der Waals surface area contributed by atoms with Crippen molar-refractivity contribution in [2.24, 2.45) is 7.05 Å². The SMILES string of the molecule is CN(Cc1cnn(C)c1)S(=O)(=O)C1CCCNC1. The number of sulfonamides is 1. The number of aromatic nitrogens is 2. The van der Waals surface area contributed by atoms with E-state index in [1.807, 2.05) is 13.2 Å². The summed E-state index contributed by atoms with van der Waals surface area (Å²) in [7, 11) is 0.241. The zero-order valence-electron chi connectivity index (χ0n) is 10.8. The molecule has 2 heterocycles. The summed E-state index contributed by atoms with van der Waals surface area (Å²) in [6, 6.07) is 0. The first-order valence-corrected chi connectivity index (χ1v) is 7.64. The quantitative estimate of drug-likeness (QED) is 0.833. The third-order valence-electron chi connectivity index (χ3n) is 3.27. The fraction of sp³-hybridized carbons (Fsp3) is 0.727. The van der Waals surface area contributed by atoms with E-state index in [-0.39, 0.29) is 5.25 Å². The summed E-state index contributed by atoms with van der Waals surface area (Å²) >= 11 is 0. The Labute approximate surface area is 108 Å². The lowest BCUT2D eigenvalue weighted by Crippen LogP contribution is -2.44. The average molecular weight is 272 g/mol. The van der Waals surface area contributed by atoms with E-state index < -0.39 is 10.0 Å². The molecule has 1 aliphatic heterocycles. The van der Waals surface area contributed by atoms with Gasteiger partial charge in [-0.2, -0.15) is 5.10 Å². The molecular formula is C11H20N4O2S. The van der Waals surface area contributed by atoms with Crippen LogP contribution in [0.4, 0.5) is 0 Å². The summed E-state index contributed by atoms with van der Waals surface area (Å²) in [4.78, 5) is 0. The minimum Gasteiger partial charge on any atom is -0.315 e. The molecule has 102 valence electrons. The van der Waals surface area contributed by atoms with Crippen LogP contribution >= 0.6 is 0 Å². The van der Waals surface area contributed by atoms with Gasteiger partial charge in [0.25, 0.3) is 0 Å². The maximum Gasteiger partial charge on any atom is 0.218 e. The van der Waals surface area contributed by atoms with Crippen molar-refractivity contribution in [2.45, 2.75) is 24.6 Å². The second kappa shape index (κ2) is 5.38. The van der Waals surface area contributed by atoms with Gasteiger partial charge in [-0.1, -0.05) is 0 Å². The van der Waals surface area contributed by atoms with Crippen LogP contribution in [-0.2, 0) is 23.6 Å². The number of hydrogen-bond acceptors (Lipinski definition) is 4. The van der Waals surface area contributed by atoms with Crippen LogP contribution in [0, 0.1) is 0 Å². The highest BCUT2D eigenvalue weighted by Crippen LogP contribution is 2.17. The summed E-state index contributed by atoms with van der Waals surface area (Å²) < 4.78 is 27.8. The van der Waals surface area contributed by atoms with Crippen molar-refractivity contribution in [1.82, 2.24) is 19.4 Å². The Morgan fingerprint density at radius 2 is 2.39 bits per heavy atom. The van der Waals surface area contributed by atoms with E-state index in [0.29, 0.717) is 13.1 Å². The Bertz CT molecular complexity index is 491. The van der Waals surface area contributed by atoms with Gasteiger partial charge in [0.1, 0.15) is 0 Å². The molecule has 1 aromatic rings. The molecule has 2 rings (SSSR count). The molecule has 1 aliphatic rings. The second-order valence-corrected chi connectivity index (χ2v) is 7.11. The largest absolute Gasteiger partial charge is 0.315 e. The first-order valence-electron chi connectivity index (χ1n) is 6.13. The summed E-state index contributed by atoms with van der Waals surface area (Å²) in [6.45, 7) is 1.85. The van der Waals surface area contributed by atoms with Crippen molar-refractivity contribution in [3.63, 3.8) is 0 Å². The fourth-order valence-electron chi connectivity index (χ4n) is 2.23. The van der Waals surface area contributed by atoms with Gasteiger partial charge in [-0.05, 0) is 19.4 Å². The molecule has 1 saturated heterocycles. The molecule has 0 saturated carbocycles. The van der Waals surface area contributed by atoms with Gasteiger partial charge in [-0.25, -0.2) is 12.7 Å². The number of piperidine rings is 1. The molecule has 0 spiro atoms. The summed E-state index contributed by atoms with van der Waals surface area (Å²) in [5.41, 5.74) is 0.910. The van der Waals surface area contributed by atoms with E-state index in [1.54, 1.807) is 17.9 Å². The molecule has 0 aromatic carbocycles. The maximum absolute atomic E-state index is 12.4. The molecule has 1 aromatic heterocycles. The second-order valence-electron chi connectivity index (χ2n) is 4.79. The molecule has 7 heteroatoms. The fourth-order valence-corrected chi connectivity index (χ4v) is 3.86. The molecule has 18 heavy (non-hydrogen) atoms. The van der Waals surface area contributed by atoms with Gasteiger partial charge in [0.15, 0.2) is 0 Å². The minimum atomic E-state index is -3.22. The molecule has 0 aliphatic carbocycles. The number of rotatable bonds is 4. The molecule has 0 bridgehead atoms. The van der Waals surface area contributed by atoms with Crippen LogP contribution in [0.25, 0.3) is 0 Å². The van der Waals surface area contributed by atoms with Crippen molar-refractivity contribution in [2.75, 3.05) is 20.1 Å². The van der Waals surface area contributed by atoms with Crippen LogP contribution < -0.4 is 5.32 Å². The highest BCUT2D eigenvalue weighted by molar-refractivity contribution is 7.89. The summed E-state index contributed by atoms with van der Waals surface area (Å²) in [6.07, 6.45) is 5.20. The highest BCUT2D eigenvalue weighted by atomic mass is 32.2. The zero-order chi connectivity index (χ0) is 13.2. The Morgan fingerprint density at radius 3 is 2.94 bits per heavy atom. The lowest BCUT2D eigenvalue weighted by molar-refractivity contribution is 0.429. The summed E-state index contributed by atoms with van der Waals surface area (Å²) in [5, 5.41) is 6.89. The Morgan fingerprint density at radius 1 is 1.61 bits per heavy atom. The minimum absolute atomic E-state index is 0.298. The topological polar surface area (TPSA) is 67.2 Å². The van der Waals surface area contributed by atoms with E-state index in [0.717, 1.165) is 24.9 Å². The van der Waals surface area contributed by atoms with Crippen molar-refractivity contribution < 1.29 is 8.42 Å². The van der Waals surface area contributed by atoms with Crippen molar-refractivity contribution in [3.05, 3.63) is 18.0 Å². The van der Waals surface area contributed by atoms with Gasteiger partial charge in [0.05, 0.1) is 11.4 Å². The smallest absolute Gasteiger partial charge is 0.218 e. The summed E-state index contributed by atoms with van der Waals surface area (Å²) in [5.74, 6) is 0. The number of nitrogens with one attached hydrogen (secondary N) is 1. The zero-order valence-corrected chi connectivity index (χ0v) is 11.7. The Kier molecular flexibility index (Phi) is 4.04. The van der Waals surface area contributed by atoms with Crippen molar-refractivity contribution in [3.8, 4) is 0 Å². The van der Waals surface area contributed by atoms with Crippen LogP contribution in [-0.4, -0.2) is 47.9 Å². The molecule has 0 radical (unpaired) electrons. The monoisotopic (exact) mass is 272 g/mol. The van der Waals surface area contributed by atoms with Crippen LogP contribution in [0.1, 0.15) is 18.4 Å². The van der Waals surface area contributed by atoms with E-state index in [4.69, 9.17) is 0 Å². The van der Waals surface area contributed by atoms with Gasteiger partial charge in [-0.3, -0.25) is 4.68 Å². The third-order valence-corrected chi connectivity index (χ3v) is 5.51. The molecule has 1 fully saturated rings. The number of hydrogen-bond donors (Lipinski definition) is 1. The first-order chi connectivity index (χ1) is 8.50. The Balaban J connectivity index is 2.04. The average Bonchev–Trinajstić information content (AvgIpc) is 2.76. The molecule has 1 atom stereocenters. The van der Waals surface area contributed by atoms with Crippen LogP contribution in [0.5, 0.6) is 0 Å². The highest BCUT2D eigenvalue weighted by Gasteiger charge is 2.30. The molecular weight excluding hydrogens is 252 g/mol. The maximum atomic E-state index is 12.4. The van der Waals surface area contributed by atoms with Crippen LogP contribution in [0.15, 0.2) is 12.4 Å². The standard InChI is InChI=1S/C11H20N4O2S/c1-14-8-10(6-13-14)9-15(2)18(16,17)11-4-3-5-12-7-11/h6,8,11-12H,3-5,7,9H2,1-2H3. The van der Waals surface area contributed by atoms with Crippen LogP contribution in [0.2, 0.25) is 0 Å². The lowest BCUT2D eigenvalue weighted by Gasteiger charge is -2.27. The molecule has 0 amide bonds. The third kappa shape index (κ3) is 2.90. The van der Waals surface area contributed by atoms with Crippen LogP contribution in [0.3, 0.4) is 0 Å². The number of aryl methyl sites for hydroxylation is 1. The lowest BCUT2D eigenvalue weighted by atomic mass is 10.2. The van der Waals surface area contributed by atoms with Crippen molar-refractivity contribution in [1.29, 1.82) is 0 Å². The van der Waals surface area contributed by atoms with E-state index in [1.165, 1.54) is 4.31 Å². The molecule has 1 unspecified atom stereocenters. The predicted molar refractivity (Wildman–Crippen MR) is 69.5 cm³/mol. The molecule has 6 nitrogen and oxygen atoms in total. The van der Waals surface area contributed by atoms with E-state index in [2.05, 4.69) is 10.4 Å². The number of nitrogens with zero attached hydrogens (tertiary/aromatic N) is 3. The normalized spacial score (nSPS) is 21.4. The van der Waals surface area contributed by atoms with Crippen molar-refractivity contribution >= 4 is 10.0 Å². The predicted octanol–water partition coefficient (Wildman–Crippen LogP) is -0.0663. The van der Waals surface area contributed by atoms with Gasteiger partial charge in [0.2, 0.25) is 10.0 Å².